The van der Waals surface area contributed by atoms with Crippen molar-refractivity contribution in [2.45, 2.75) is 33.1 Å². The van der Waals surface area contributed by atoms with Crippen LogP contribution < -0.4 is 11.1 Å². The van der Waals surface area contributed by atoms with E-state index in [0.717, 1.165) is 29.8 Å². The molecule has 0 aromatic carbocycles. The van der Waals surface area contributed by atoms with Crippen LogP contribution in [-0.4, -0.2) is 15.9 Å². The predicted molar refractivity (Wildman–Crippen MR) is 73.3 cm³/mol. The summed E-state index contributed by atoms with van der Waals surface area (Å²) >= 11 is 6.48. The van der Waals surface area contributed by atoms with Crippen molar-refractivity contribution < 1.29 is 4.79 Å². The lowest BCUT2D eigenvalue weighted by Crippen LogP contribution is -2.50. The lowest BCUT2D eigenvalue weighted by Gasteiger charge is -2.38. The molecule has 1 aromatic heterocycles. The third-order valence-corrected chi connectivity index (χ3v) is 4.74. The lowest BCUT2D eigenvalue weighted by atomic mass is 9.68. The van der Waals surface area contributed by atoms with Gasteiger partial charge in [-0.15, -0.1) is 11.3 Å². The number of anilines is 1. The maximum absolute atomic E-state index is 12.2. The number of thiazole rings is 1. The summed E-state index contributed by atoms with van der Waals surface area (Å²) in [7, 11) is 0. The zero-order valence-electron chi connectivity index (χ0n) is 9.87. The molecule has 0 radical (unpaired) electrons. The van der Waals surface area contributed by atoms with Gasteiger partial charge in [-0.05, 0) is 26.7 Å². The topological polar surface area (TPSA) is 68.0 Å². The van der Waals surface area contributed by atoms with Gasteiger partial charge in [0.05, 0.1) is 16.1 Å². The molecule has 2 rings (SSSR count). The van der Waals surface area contributed by atoms with Gasteiger partial charge in [0, 0.05) is 4.88 Å². The van der Waals surface area contributed by atoms with Crippen LogP contribution in [-0.2, 0) is 4.79 Å². The van der Waals surface area contributed by atoms with E-state index < -0.39 is 5.41 Å². The lowest BCUT2D eigenvalue weighted by molar-refractivity contribution is -0.125. The van der Waals surface area contributed by atoms with Gasteiger partial charge >= 0.3 is 0 Å². The SMILES string of the molecule is Cc1nc(NC(=O)C2(C(N)=S)CCC2)sc1C. The van der Waals surface area contributed by atoms with Gasteiger partial charge in [-0.3, -0.25) is 4.79 Å². The molecule has 17 heavy (non-hydrogen) atoms. The minimum absolute atomic E-state index is 0.106. The van der Waals surface area contributed by atoms with Crippen molar-refractivity contribution >= 4 is 39.6 Å². The number of aromatic nitrogens is 1. The Balaban J connectivity index is 2.14. The first-order valence-electron chi connectivity index (χ1n) is 5.51. The second-order valence-corrected chi connectivity index (χ2v) is 6.06. The van der Waals surface area contributed by atoms with Gasteiger partial charge in [0.25, 0.3) is 0 Å². The van der Waals surface area contributed by atoms with E-state index in [0.29, 0.717) is 10.1 Å². The fourth-order valence-corrected chi connectivity index (χ4v) is 2.97. The molecule has 1 heterocycles. The summed E-state index contributed by atoms with van der Waals surface area (Å²) < 4.78 is 0. The number of hydrogen-bond acceptors (Lipinski definition) is 4. The highest BCUT2D eigenvalue weighted by molar-refractivity contribution is 7.80. The molecule has 3 N–H and O–H groups in total. The third kappa shape index (κ3) is 2.07. The highest BCUT2D eigenvalue weighted by atomic mass is 32.1. The van der Waals surface area contributed by atoms with Gasteiger partial charge in [0.2, 0.25) is 5.91 Å². The highest BCUT2D eigenvalue weighted by Crippen LogP contribution is 2.42. The number of aryl methyl sites for hydroxylation is 2. The van der Waals surface area contributed by atoms with Crippen LogP contribution in [0.2, 0.25) is 0 Å². The largest absolute Gasteiger partial charge is 0.392 e. The molecule has 0 unspecified atom stereocenters. The van der Waals surface area contributed by atoms with E-state index in [2.05, 4.69) is 10.3 Å². The van der Waals surface area contributed by atoms with E-state index in [1.54, 1.807) is 0 Å². The quantitative estimate of drug-likeness (QED) is 0.825. The Morgan fingerprint density at radius 1 is 1.53 bits per heavy atom. The average Bonchev–Trinajstić information content (AvgIpc) is 2.42. The second-order valence-electron chi connectivity index (χ2n) is 4.41. The molecule has 0 aliphatic heterocycles. The van der Waals surface area contributed by atoms with E-state index in [9.17, 15) is 4.79 Å². The standard InChI is InChI=1S/C11H15N3OS2/c1-6-7(2)17-10(13-6)14-9(15)11(8(12)16)4-3-5-11/h3-5H2,1-2H3,(H2,12,16)(H,13,14,15). The van der Waals surface area contributed by atoms with Crippen LogP contribution in [0.4, 0.5) is 5.13 Å². The fourth-order valence-electron chi connectivity index (χ4n) is 1.86. The number of thiocarbonyl (C=S) groups is 1. The van der Waals surface area contributed by atoms with Crippen molar-refractivity contribution in [3.05, 3.63) is 10.6 Å². The molecule has 6 heteroatoms. The maximum Gasteiger partial charge on any atom is 0.239 e. The molecule has 0 bridgehead atoms. The van der Waals surface area contributed by atoms with Crippen molar-refractivity contribution in [1.82, 2.24) is 4.98 Å². The van der Waals surface area contributed by atoms with Gasteiger partial charge in [-0.2, -0.15) is 0 Å². The first kappa shape index (κ1) is 12.4. The molecule has 0 saturated heterocycles. The van der Waals surface area contributed by atoms with Crippen LogP contribution in [0.3, 0.4) is 0 Å². The maximum atomic E-state index is 12.2. The molecule has 1 fully saturated rings. The van der Waals surface area contributed by atoms with Crippen molar-refractivity contribution in [3.8, 4) is 0 Å². The van der Waals surface area contributed by atoms with Crippen molar-refractivity contribution in [2.75, 3.05) is 5.32 Å². The summed E-state index contributed by atoms with van der Waals surface area (Å²) in [4.78, 5) is 17.9. The zero-order chi connectivity index (χ0) is 12.6. The second kappa shape index (κ2) is 4.34. The van der Waals surface area contributed by atoms with Crippen LogP contribution in [0.5, 0.6) is 0 Å². The summed E-state index contributed by atoms with van der Waals surface area (Å²) in [5.41, 5.74) is 5.99. The Bertz CT molecular complexity index is 458. The van der Waals surface area contributed by atoms with E-state index in [-0.39, 0.29) is 5.91 Å². The number of hydrogen-bond donors (Lipinski definition) is 2. The first-order chi connectivity index (χ1) is 7.95. The summed E-state index contributed by atoms with van der Waals surface area (Å²) in [5, 5.41) is 3.46. The van der Waals surface area contributed by atoms with Crippen LogP contribution in [0.1, 0.15) is 29.8 Å². The molecule has 1 amide bonds. The number of carbonyl (C=O) groups is 1. The van der Waals surface area contributed by atoms with Gasteiger partial charge < -0.3 is 11.1 Å². The monoisotopic (exact) mass is 269 g/mol. The number of nitrogens with two attached hydrogens (primary N) is 1. The summed E-state index contributed by atoms with van der Waals surface area (Å²) in [6.07, 6.45) is 2.50. The number of amides is 1. The minimum atomic E-state index is -0.636. The summed E-state index contributed by atoms with van der Waals surface area (Å²) in [6, 6.07) is 0. The van der Waals surface area contributed by atoms with Crippen LogP contribution >= 0.6 is 23.6 Å². The number of carbonyl (C=O) groups excluding carboxylic acids is 1. The normalized spacial score (nSPS) is 17.3. The predicted octanol–water partition coefficient (Wildman–Crippen LogP) is 2.15. The molecule has 92 valence electrons. The molecule has 0 spiro atoms. The molecule has 4 nitrogen and oxygen atoms in total. The number of nitrogens with one attached hydrogen (secondary N) is 1. The molecule has 1 aliphatic carbocycles. The van der Waals surface area contributed by atoms with Crippen LogP contribution in [0.25, 0.3) is 0 Å². The van der Waals surface area contributed by atoms with Gasteiger partial charge in [0.1, 0.15) is 0 Å². The Morgan fingerprint density at radius 2 is 2.18 bits per heavy atom. The highest BCUT2D eigenvalue weighted by Gasteiger charge is 2.47. The Hall–Kier alpha value is -1.01. The summed E-state index contributed by atoms with van der Waals surface area (Å²) in [6.45, 7) is 3.91. The first-order valence-corrected chi connectivity index (χ1v) is 6.73. The van der Waals surface area contributed by atoms with E-state index in [1.807, 2.05) is 13.8 Å². The third-order valence-electron chi connectivity index (χ3n) is 3.36. The Kier molecular flexibility index (Phi) is 3.18. The van der Waals surface area contributed by atoms with Crippen molar-refractivity contribution in [1.29, 1.82) is 0 Å². The van der Waals surface area contributed by atoms with E-state index >= 15 is 0 Å². The van der Waals surface area contributed by atoms with Gasteiger partial charge in [-0.1, -0.05) is 18.6 Å². The minimum Gasteiger partial charge on any atom is -0.392 e. The molecule has 0 atom stereocenters. The van der Waals surface area contributed by atoms with E-state index in [1.165, 1.54) is 11.3 Å². The summed E-state index contributed by atoms with van der Waals surface area (Å²) in [5.74, 6) is -0.106. The average molecular weight is 269 g/mol. The van der Waals surface area contributed by atoms with Crippen LogP contribution in [0.15, 0.2) is 0 Å². The van der Waals surface area contributed by atoms with Crippen molar-refractivity contribution in [3.63, 3.8) is 0 Å². The van der Waals surface area contributed by atoms with E-state index in [4.69, 9.17) is 18.0 Å². The molecular weight excluding hydrogens is 254 g/mol. The number of nitrogens with zero attached hydrogens (tertiary/aromatic N) is 1. The zero-order valence-corrected chi connectivity index (χ0v) is 11.5. The van der Waals surface area contributed by atoms with Gasteiger partial charge in [-0.25, -0.2) is 4.98 Å². The smallest absolute Gasteiger partial charge is 0.239 e. The molecule has 1 aromatic rings. The number of rotatable bonds is 3. The molecule has 1 saturated carbocycles. The van der Waals surface area contributed by atoms with Crippen molar-refractivity contribution in [2.24, 2.45) is 11.1 Å². The molecular formula is C11H15N3OS2. The van der Waals surface area contributed by atoms with Gasteiger partial charge in [0.15, 0.2) is 5.13 Å². The fraction of sp³-hybridized carbons (Fsp3) is 0.545. The Morgan fingerprint density at radius 3 is 2.53 bits per heavy atom. The van der Waals surface area contributed by atoms with Crippen LogP contribution in [0, 0.1) is 19.3 Å². The Labute approximate surface area is 110 Å². The molecule has 1 aliphatic rings.